The standard InChI is InChI=1S/C46H74O8Si2/c1-34-24-27-46(53-42(34)32-36(48)30-35(47)31-38-19-17-18-37(52-38)26-29-50-55(9,10)44(2,3)4)28-25-41(49-8)43(54-46)33-51-56(45(5,6)7,39-20-13-11-14-21-39)40-22-15-12-16-23-40/h11-16,20-24,27,34-38,41-43,47-48H,17-19,25-26,28-33H2,1-10H3/t34-,35-,36-,37+,38-,41-,42+,43+,46-/m0/s1. The van der Waals surface area contributed by atoms with Gasteiger partial charge in [-0.1, -0.05) is 115 Å². The molecule has 8 nitrogen and oxygen atoms in total. The van der Waals surface area contributed by atoms with Gasteiger partial charge in [-0.3, -0.25) is 0 Å². The molecule has 0 bridgehead atoms. The largest absolute Gasteiger partial charge is 0.417 e. The van der Waals surface area contributed by atoms with Gasteiger partial charge in [0, 0.05) is 32.5 Å². The Kier molecular flexibility index (Phi) is 15.5. The summed E-state index contributed by atoms with van der Waals surface area (Å²) in [6, 6.07) is 21.3. The fraction of sp³-hybridized carbons (Fsp3) is 0.696. The number of hydrogen-bond donors (Lipinski definition) is 2. The van der Waals surface area contributed by atoms with E-state index in [1.54, 1.807) is 7.11 Å². The van der Waals surface area contributed by atoms with Crippen molar-refractivity contribution in [3.63, 3.8) is 0 Å². The molecule has 5 rings (SSSR count). The van der Waals surface area contributed by atoms with Gasteiger partial charge in [-0.15, -0.1) is 0 Å². The van der Waals surface area contributed by atoms with Gasteiger partial charge in [0.05, 0.1) is 43.2 Å². The molecule has 1 spiro atoms. The predicted octanol–water partition coefficient (Wildman–Crippen LogP) is 8.29. The molecule has 2 saturated heterocycles. The Labute approximate surface area is 340 Å². The molecule has 0 aliphatic carbocycles. The average molecular weight is 811 g/mol. The highest BCUT2D eigenvalue weighted by Gasteiger charge is 2.52. The van der Waals surface area contributed by atoms with Crippen LogP contribution >= 0.6 is 0 Å². The molecule has 0 unspecified atom stereocenters. The molecule has 0 amide bonds. The molecule has 3 heterocycles. The highest BCUT2D eigenvalue weighted by molar-refractivity contribution is 6.99. The van der Waals surface area contributed by atoms with Crippen LogP contribution in [0, 0.1) is 5.92 Å². The second kappa shape index (κ2) is 19.1. The Morgan fingerprint density at radius 2 is 1.38 bits per heavy atom. The van der Waals surface area contributed by atoms with E-state index in [1.165, 1.54) is 10.4 Å². The Bertz CT molecular complexity index is 1470. The summed E-state index contributed by atoms with van der Waals surface area (Å²) in [5, 5.41) is 24.9. The summed E-state index contributed by atoms with van der Waals surface area (Å²) in [4.78, 5) is 0. The number of aliphatic hydroxyl groups is 2. The Hall–Kier alpha value is -1.71. The molecule has 10 heteroatoms. The third-order valence-corrected chi connectivity index (χ3v) is 22.6. The van der Waals surface area contributed by atoms with Gasteiger partial charge in [0.1, 0.15) is 6.10 Å². The van der Waals surface area contributed by atoms with E-state index in [1.807, 2.05) is 0 Å². The lowest BCUT2D eigenvalue weighted by atomic mass is 9.89. The molecule has 0 saturated carbocycles. The molecular weight excluding hydrogens is 737 g/mol. The molecule has 2 aromatic carbocycles. The molecular formula is C46H74O8Si2. The van der Waals surface area contributed by atoms with Crippen molar-refractivity contribution in [3.8, 4) is 0 Å². The van der Waals surface area contributed by atoms with E-state index in [-0.39, 0.29) is 52.9 Å². The van der Waals surface area contributed by atoms with Gasteiger partial charge in [-0.2, -0.15) is 0 Å². The topological polar surface area (TPSA) is 95.8 Å². The Morgan fingerprint density at radius 1 is 0.786 bits per heavy atom. The van der Waals surface area contributed by atoms with Crippen molar-refractivity contribution in [1.29, 1.82) is 0 Å². The van der Waals surface area contributed by atoms with Gasteiger partial charge in [0.25, 0.3) is 8.32 Å². The van der Waals surface area contributed by atoms with Gasteiger partial charge < -0.3 is 38.0 Å². The highest BCUT2D eigenvalue weighted by atomic mass is 28.4. The van der Waals surface area contributed by atoms with Crippen molar-refractivity contribution < 1.29 is 38.0 Å². The van der Waals surface area contributed by atoms with Crippen LogP contribution in [0.3, 0.4) is 0 Å². The maximum absolute atomic E-state index is 11.3. The molecule has 9 atom stereocenters. The molecule has 0 radical (unpaired) electrons. The Balaban J connectivity index is 1.19. The van der Waals surface area contributed by atoms with Crippen molar-refractivity contribution in [3.05, 3.63) is 72.8 Å². The molecule has 56 heavy (non-hydrogen) atoms. The minimum atomic E-state index is -2.80. The highest BCUT2D eigenvalue weighted by Crippen LogP contribution is 2.42. The maximum atomic E-state index is 11.3. The van der Waals surface area contributed by atoms with Crippen molar-refractivity contribution in [2.24, 2.45) is 5.92 Å². The van der Waals surface area contributed by atoms with Crippen LogP contribution in [-0.2, 0) is 27.8 Å². The number of methoxy groups -OCH3 is 1. The van der Waals surface area contributed by atoms with Crippen LogP contribution in [0.4, 0.5) is 0 Å². The van der Waals surface area contributed by atoms with Crippen molar-refractivity contribution in [2.45, 2.75) is 178 Å². The van der Waals surface area contributed by atoms with Crippen LogP contribution in [0.1, 0.15) is 106 Å². The minimum Gasteiger partial charge on any atom is -0.417 e. The summed E-state index contributed by atoms with van der Waals surface area (Å²) in [6.07, 6.45) is 8.75. The zero-order chi connectivity index (χ0) is 40.8. The summed E-state index contributed by atoms with van der Waals surface area (Å²) in [7, 11) is -2.85. The lowest BCUT2D eigenvalue weighted by Crippen LogP contribution is -2.67. The van der Waals surface area contributed by atoms with E-state index in [9.17, 15) is 10.2 Å². The fourth-order valence-electron chi connectivity index (χ4n) is 8.70. The lowest BCUT2D eigenvalue weighted by Gasteiger charge is -2.49. The zero-order valence-electron chi connectivity index (χ0n) is 36.2. The summed E-state index contributed by atoms with van der Waals surface area (Å²) in [6.45, 7) is 21.4. The first-order chi connectivity index (χ1) is 26.4. The van der Waals surface area contributed by atoms with Crippen LogP contribution in [0.5, 0.6) is 0 Å². The van der Waals surface area contributed by atoms with E-state index in [0.29, 0.717) is 25.9 Å². The van der Waals surface area contributed by atoms with Gasteiger partial charge in [0.15, 0.2) is 14.1 Å². The molecule has 3 aliphatic rings. The maximum Gasteiger partial charge on any atom is 0.261 e. The number of ether oxygens (including phenoxy) is 4. The van der Waals surface area contributed by atoms with E-state index < -0.39 is 34.6 Å². The monoisotopic (exact) mass is 810 g/mol. The normalized spacial score (nSPS) is 29.0. The fourth-order valence-corrected chi connectivity index (χ4v) is 14.3. The smallest absolute Gasteiger partial charge is 0.261 e. The third kappa shape index (κ3) is 11.1. The number of rotatable bonds is 16. The summed E-state index contributed by atoms with van der Waals surface area (Å²) >= 11 is 0. The van der Waals surface area contributed by atoms with Gasteiger partial charge in [-0.25, -0.2) is 0 Å². The molecule has 314 valence electrons. The summed E-state index contributed by atoms with van der Waals surface area (Å²) in [5.41, 5.74) is 0. The van der Waals surface area contributed by atoms with Crippen molar-refractivity contribution in [2.75, 3.05) is 20.3 Å². The quantitative estimate of drug-likeness (QED) is 0.129. The third-order valence-electron chi connectivity index (χ3n) is 13.0. The first-order valence-electron chi connectivity index (χ1n) is 21.4. The second-order valence-electron chi connectivity index (χ2n) is 19.4. The van der Waals surface area contributed by atoms with Crippen molar-refractivity contribution in [1.82, 2.24) is 0 Å². The molecule has 2 N–H and O–H groups in total. The van der Waals surface area contributed by atoms with Crippen LogP contribution < -0.4 is 10.4 Å². The molecule has 2 fully saturated rings. The Morgan fingerprint density at radius 3 is 1.96 bits per heavy atom. The van der Waals surface area contributed by atoms with Crippen molar-refractivity contribution >= 4 is 27.0 Å². The van der Waals surface area contributed by atoms with E-state index in [0.717, 1.165) is 38.7 Å². The molecule has 0 aromatic heterocycles. The van der Waals surface area contributed by atoms with Crippen LogP contribution in [0.2, 0.25) is 23.2 Å². The number of hydrogen-bond acceptors (Lipinski definition) is 8. The van der Waals surface area contributed by atoms with Gasteiger partial charge in [-0.05, 0) is 84.6 Å². The molecule has 2 aromatic rings. The average Bonchev–Trinajstić information content (AvgIpc) is 3.13. The molecule has 3 aliphatic heterocycles. The van der Waals surface area contributed by atoms with Crippen LogP contribution in [0.15, 0.2) is 72.8 Å². The van der Waals surface area contributed by atoms with E-state index in [2.05, 4.69) is 134 Å². The lowest BCUT2D eigenvalue weighted by molar-refractivity contribution is -0.304. The van der Waals surface area contributed by atoms with Crippen LogP contribution in [0.25, 0.3) is 0 Å². The summed E-state index contributed by atoms with van der Waals surface area (Å²) < 4.78 is 39.9. The number of benzene rings is 2. The SMILES string of the molecule is CO[C@H]1CC[C@]2(C=C[C@H](C)[C@@H](C[C@@H](O)C[C@H](O)C[C@@H]3CCC[C@H](CCO[Si](C)(C)C(C)(C)C)O3)O2)O[C@@H]1CO[Si](c1ccccc1)(c1ccccc1)C(C)(C)C. The minimum absolute atomic E-state index is 0.00717. The second-order valence-corrected chi connectivity index (χ2v) is 28.5. The van der Waals surface area contributed by atoms with E-state index >= 15 is 0 Å². The van der Waals surface area contributed by atoms with E-state index in [4.69, 9.17) is 27.8 Å². The van der Waals surface area contributed by atoms with Crippen LogP contribution in [-0.4, -0.2) is 95.7 Å². The van der Waals surface area contributed by atoms with Gasteiger partial charge in [0.2, 0.25) is 0 Å². The zero-order valence-corrected chi connectivity index (χ0v) is 38.2. The van der Waals surface area contributed by atoms with Gasteiger partial charge >= 0.3 is 0 Å². The first-order valence-corrected chi connectivity index (χ1v) is 26.2. The summed E-state index contributed by atoms with van der Waals surface area (Å²) in [5.74, 6) is -0.859. The first kappa shape index (κ1) is 45.4. The predicted molar refractivity (Wildman–Crippen MR) is 231 cm³/mol. The number of aliphatic hydroxyl groups excluding tert-OH is 2.